The zero-order chi connectivity index (χ0) is 31.1. The van der Waals surface area contributed by atoms with E-state index in [2.05, 4.69) is 40.9 Å². The molecule has 4 unspecified atom stereocenters. The van der Waals surface area contributed by atoms with Crippen LogP contribution < -0.4 is 16.4 Å². The highest BCUT2D eigenvalue weighted by Gasteiger charge is 2.48. The molecule has 1 aromatic carbocycles. The molecule has 0 saturated carbocycles. The van der Waals surface area contributed by atoms with Crippen molar-refractivity contribution in [2.75, 3.05) is 36.5 Å². The second kappa shape index (κ2) is 12.2. The van der Waals surface area contributed by atoms with Crippen molar-refractivity contribution in [2.24, 2.45) is 0 Å². The van der Waals surface area contributed by atoms with Crippen molar-refractivity contribution in [3.05, 3.63) is 70.3 Å². The van der Waals surface area contributed by atoms with Gasteiger partial charge in [-0.3, -0.25) is 4.90 Å². The van der Waals surface area contributed by atoms with Gasteiger partial charge >= 0.3 is 0 Å². The van der Waals surface area contributed by atoms with Gasteiger partial charge in [0.1, 0.15) is 23.6 Å². The van der Waals surface area contributed by atoms with E-state index in [-0.39, 0.29) is 11.6 Å². The van der Waals surface area contributed by atoms with Crippen molar-refractivity contribution in [2.45, 2.75) is 109 Å². The van der Waals surface area contributed by atoms with E-state index >= 15 is 0 Å². The second-order valence-corrected chi connectivity index (χ2v) is 13.0. The molecule has 44 heavy (non-hydrogen) atoms. The first-order chi connectivity index (χ1) is 21.3. The Hall–Kier alpha value is -3.30. The molecule has 2 aromatic heterocycles. The number of nitrogens with two attached hydrogens (primary N) is 2. The topological polar surface area (TPSA) is 106 Å². The summed E-state index contributed by atoms with van der Waals surface area (Å²) in [5.41, 5.74) is 18.4. The Bertz CT molecular complexity index is 1500. The number of aryl methyl sites for hydroxylation is 2. The highest BCUT2D eigenvalue weighted by Crippen LogP contribution is 2.47. The number of nitrogen functional groups attached to an aromatic ring is 2. The van der Waals surface area contributed by atoms with Gasteiger partial charge in [0.15, 0.2) is 0 Å². The number of ether oxygens (including phenoxy) is 1. The predicted molar refractivity (Wildman–Crippen MR) is 174 cm³/mol. The van der Waals surface area contributed by atoms with Gasteiger partial charge < -0.3 is 21.1 Å². The summed E-state index contributed by atoms with van der Waals surface area (Å²) in [4.78, 5) is 19.3. The second-order valence-electron chi connectivity index (χ2n) is 13.0. The maximum Gasteiger partial charge on any atom is 0.138 e. The molecule has 7 rings (SSSR count). The van der Waals surface area contributed by atoms with Crippen LogP contribution in [0, 0.1) is 0 Å². The number of hydrogen-bond acceptors (Lipinski definition) is 8. The predicted octanol–water partition coefficient (Wildman–Crippen LogP) is 6.07. The summed E-state index contributed by atoms with van der Waals surface area (Å²) in [6, 6.07) is 10.1. The maximum atomic E-state index is 14.5. The van der Waals surface area contributed by atoms with Gasteiger partial charge in [-0.25, -0.2) is 19.3 Å². The first kappa shape index (κ1) is 30.7. The van der Waals surface area contributed by atoms with E-state index < -0.39 is 11.8 Å². The first-order valence-electron chi connectivity index (χ1n) is 16.5. The fourth-order valence-corrected chi connectivity index (χ4v) is 8.20. The minimum absolute atomic E-state index is 0.0531. The number of fused-ring (bicyclic) bond motifs is 4. The van der Waals surface area contributed by atoms with Crippen molar-refractivity contribution < 1.29 is 9.13 Å². The molecule has 2 fully saturated rings. The van der Waals surface area contributed by atoms with Crippen molar-refractivity contribution in [3.63, 3.8) is 0 Å². The molecule has 2 saturated heterocycles. The first-order valence-corrected chi connectivity index (χ1v) is 16.5. The van der Waals surface area contributed by atoms with E-state index in [1.54, 1.807) is 6.20 Å². The summed E-state index contributed by atoms with van der Waals surface area (Å²) in [7, 11) is 2.06. The van der Waals surface area contributed by atoms with Crippen LogP contribution in [-0.4, -0.2) is 51.7 Å². The molecule has 4 N–H and O–H groups in total. The number of alkyl halides is 1. The summed E-state index contributed by atoms with van der Waals surface area (Å²) >= 11 is 0. The Morgan fingerprint density at radius 3 is 2.82 bits per heavy atom. The Balaban J connectivity index is 0.00000168. The zero-order valence-electron chi connectivity index (χ0n) is 26.8. The standard InChI is InChI=1S/C33H42FN7O.C2H6/c1-21(25-7-4-14-37-30(25)36)40(2)31-26-20-42-33(12-3-6-22-8-9-24(35)16-27(22)33)18-28(26)38-29(39-31)10-13-32-11-5-15-41(32)19-23(34)17-32;1-2/h4,7-9,14,16,21,23H,3,5-6,10-13,15,17-20,35H2,1-2H3,(H2,36,37);1-2H3. The minimum Gasteiger partial charge on any atom is -0.399 e. The molecule has 0 bridgehead atoms. The van der Waals surface area contributed by atoms with Gasteiger partial charge in [-0.1, -0.05) is 26.0 Å². The highest BCUT2D eigenvalue weighted by atomic mass is 19.1. The molecular formula is C35H48FN7O. The van der Waals surface area contributed by atoms with E-state index in [0.717, 1.165) is 85.6 Å². The lowest BCUT2D eigenvalue weighted by molar-refractivity contribution is -0.0854. The third-order valence-corrected chi connectivity index (χ3v) is 10.5. The van der Waals surface area contributed by atoms with Gasteiger partial charge in [-0.2, -0.15) is 0 Å². The molecule has 8 nitrogen and oxygen atoms in total. The van der Waals surface area contributed by atoms with Gasteiger partial charge in [0.2, 0.25) is 0 Å². The normalized spacial score (nSPS) is 26.3. The summed E-state index contributed by atoms with van der Waals surface area (Å²) in [6.45, 7) is 8.11. The van der Waals surface area contributed by atoms with Crippen LogP contribution in [0.5, 0.6) is 0 Å². The lowest BCUT2D eigenvalue weighted by atomic mass is 9.74. The van der Waals surface area contributed by atoms with Crippen molar-refractivity contribution in [3.8, 4) is 0 Å². The Labute approximate surface area is 261 Å². The smallest absolute Gasteiger partial charge is 0.138 e. The fourth-order valence-electron chi connectivity index (χ4n) is 8.20. The molecule has 3 aliphatic heterocycles. The quantitative estimate of drug-likeness (QED) is 0.328. The summed E-state index contributed by atoms with van der Waals surface area (Å²) in [5.74, 6) is 2.22. The molecule has 1 spiro atoms. The van der Waals surface area contributed by atoms with Crippen LogP contribution in [0.4, 0.5) is 21.7 Å². The monoisotopic (exact) mass is 601 g/mol. The molecule has 236 valence electrons. The number of hydrogen-bond donors (Lipinski definition) is 2. The third kappa shape index (κ3) is 5.42. The van der Waals surface area contributed by atoms with Crippen LogP contribution in [0.1, 0.15) is 99.1 Å². The van der Waals surface area contributed by atoms with E-state index in [9.17, 15) is 4.39 Å². The van der Waals surface area contributed by atoms with Crippen LogP contribution in [0.25, 0.3) is 0 Å². The molecule has 0 amide bonds. The molecule has 3 aromatic rings. The number of rotatable bonds is 6. The molecule has 9 heteroatoms. The number of benzene rings is 1. The summed E-state index contributed by atoms with van der Waals surface area (Å²) in [5, 5.41) is 0. The van der Waals surface area contributed by atoms with Crippen LogP contribution in [0.2, 0.25) is 0 Å². The molecule has 0 radical (unpaired) electrons. The number of anilines is 3. The number of aromatic nitrogens is 3. The van der Waals surface area contributed by atoms with E-state index in [1.807, 2.05) is 32.0 Å². The van der Waals surface area contributed by atoms with Gasteiger partial charge in [0, 0.05) is 55.0 Å². The molecule has 4 aliphatic rings. The van der Waals surface area contributed by atoms with E-state index in [0.29, 0.717) is 31.8 Å². The zero-order valence-corrected chi connectivity index (χ0v) is 26.8. The lowest BCUT2D eigenvalue weighted by Crippen LogP contribution is -2.41. The van der Waals surface area contributed by atoms with Crippen molar-refractivity contribution in [1.29, 1.82) is 0 Å². The number of halogens is 1. The van der Waals surface area contributed by atoms with Gasteiger partial charge in [0.05, 0.1) is 23.9 Å². The van der Waals surface area contributed by atoms with Crippen LogP contribution in [0.15, 0.2) is 36.5 Å². The molecule has 1 aliphatic carbocycles. The summed E-state index contributed by atoms with van der Waals surface area (Å²) < 4.78 is 21.3. The average Bonchev–Trinajstić information content (AvgIpc) is 3.56. The van der Waals surface area contributed by atoms with Crippen molar-refractivity contribution in [1.82, 2.24) is 19.9 Å². The largest absolute Gasteiger partial charge is 0.399 e. The Morgan fingerprint density at radius 1 is 1.16 bits per heavy atom. The highest BCUT2D eigenvalue weighted by molar-refractivity contribution is 5.55. The van der Waals surface area contributed by atoms with Crippen LogP contribution in [-0.2, 0) is 36.2 Å². The molecular weight excluding hydrogens is 553 g/mol. The van der Waals surface area contributed by atoms with Gasteiger partial charge in [-0.15, -0.1) is 0 Å². The van der Waals surface area contributed by atoms with Crippen LogP contribution in [0.3, 0.4) is 0 Å². The van der Waals surface area contributed by atoms with Gasteiger partial charge in [-0.05, 0) is 87.7 Å². The Kier molecular flexibility index (Phi) is 8.54. The maximum absolute atomic E-state index is 14.5. The third-order valence-electron chi connectivity index (χ3n) is 10.5. The van der Waals surface area contributed by atoms with Crippen molar-refractivity contribution >= 4 is 17.3 Å². The van der Waals surface area contributed by atoms with Crippen LogP contribution >= 0.6 is 0 Å². The average molecular weight is 602 g/mol. The molecule has 4 atom stereocenters. The number of nitrogens with zero attached hydrogens (tertiary/aromatic N) is 5. The van der Waals surface area contributed by atoms with Gasteiger partial charge in [0.25, 0.3) is 0 Å². The number of pyridine rings is 1. The van der Waals surface area contributed by atoms with E-state index in [1.165, 1.54) is 11.1 Å². The van der Waals surface area contributed by atoms with E-state index in [4.69, 9.17) is 26.2 Å². The molecule has 5 heterocycles. The fraction of sp³-hybridized carbons (Fsp3) is 0.571. The Morgan fingerprint density at radius 2 is 2.00 bits per heavy atom. The summed E-state index contributed by atoms with van der Waals surface area (Å²) in [6.07, 6.45) is 9.11. The SMILES string of the molecule is CC.CC(c1cccnc1N)N(C)c1nc(CCC23CCCN2CC(F)C3)nc2c1COC1(CCCc3ccc(N)cc31)C2. The minimum atomic E-state index is -0.738. The lowest BCUT2D eigenvalue weighted by Gasteiger charge is -2.43.